The number of aryl methyl sites for hydroxylation is 1. The number of fused-ring (bicyclic) bond motifs is 1. The summed E-state index contributed by atoms with van der Waals surface area (Å²) in [6, 6.07) is 12.4. The number of rotatable bonds is 6. The summed E-state index contributed by atoms with van der Waals surface area (Å²) in [4.78, 5) is 39.1. The maximum atomic E-state index is 13.1. The van der Waals surface area contributed by atoms with Crippen LogP contribution in [0.2, 0.25) is 0 Å². The normalized spacial score (nSPS) is 15.4. The van der Waals surface area contributed by atoms with E-state index >= 15 is 0 Å². The zero-order valence-electron chi connectivity index (χ0n) is 17.0. The van der Waals surface area contributed by atoms with E-state index in [4.69, 9.17) is 0 Å². The third kappa shape index (κ3) is 3.93. The number of carbonyl (C=O) groups excluding carboxylic acids is 3. The van der Waals surface area contributed by atoms with E-state index < -0.39 is 40.3 Å². The van der Waals surface area contributed by atoms with Crippen LogP contribution < -0.4 is 5.32 Å². The van der Waals surface area contributed by atoms with Gasteiger partial charge in [-0.2, -0.15) is 0 Å². The van der Waals surface area contributed by atoms with Gasteiger partial charge in [0, 0.05) is 13.6 Å². The van der Waals surface area contributed by atoms with Crippen molar-refractivity contribution in [3.05, 3.63) is 65.2 Å². The molecule has 0 bridgehead atoms. The second-order valence-corrected chi connectivity index (χ2v) is 8.94. The molecule has 0 fully saturated rings. The summed E-state index contributed by atoms with van der Waals surface area (Å²) in [6.45, 7) is 2.89. The van der Waals surface area contributed by atoms with Gasteiger partial charge >= 0.3 is 0 Å². The van der Waals surface area contributed by atoms with Gasteiger partial charge in [-0.25, -0.2) is 12.7 Å². The molecular weight excluding hydrogens is 406 g/mol. The van der Waals surface area contributed by atoms with Crippen molar-refractivity contribution in [2.75, 3.05) is 13.6 Å². The number of hydrogen-bond acceptors (Lipinski definition) is 5. The van der Waals surface area contributed by atoms with Crippen molar-refractivity contribution < 1.29 is 22.8 Å². The summed E-state index contributed by atoms with van der Waals surface area (Å²) in [5.41, 5.74) is 1.81. The Balaban J connectivity index is 1.90. The lowest BCUT2D eigenvalue weighted by molar-refractivity contribution is -0.140. The Hall–Kier alpha value is -3.20. The average molecular weight is 429 g/mol. The average Bonchev–Trinajstić information content (AvgIpc) is 2.92. The summed E-state index contributed by atoms with van der Waals surface area (Å²) in [7, 11) is -2.66. The van der Waals surface area contributed by atoms with Crippen LogP contribution in [0.5, 0.6) is 0 Å². The highest BCUT2D eigenvalue weighted by atomic mass is 32.2. The number of nitrogens with one attached hydrogen (secondary N) is 1. The fourth-order valence-corrected chi connectivity index (χ4v) is 4.92. The molecule has 0 aromatic heterocycles. The van der Waals surface area contributed by atoms with E-state index in [-0.39, 0.29) is 17.0 Å². The van der Waals surface area contributed by atoms with Crippen molar-refractivity contribution in [1.29, 1.82) is 0 Å². The Bertz CT molecular complexity index is 1110. The van der Waals surface area contributed by atoms with Crippen LogP contribution in [0, 0.1) is 6.92 Å². The third-order valence-electron chi connectivity index (χ3n) is 5.04. The molecule has 1 N–H and O–H groups in total. The maximum Gasteiger partial charge on any atom is 0.269 e. The standard InChI is InChI=1S/C21H23N3O5S/c1-14-7-6-8-16(11-14)12-23(15(2)20(26)22-3)19(25)13-24-21(27)17-9-4-5-10-18(17)30(24,28)29/h4-11,15H,12-13H2,1-3H3,(H,22,26)/t15-/m1/s1. The molecule has 1 aliphatic rings. The molecule has 0 spiro atoms. The quantitative estimate of drug-likeness (QED) is 0.746. The van der Waals surface area contributed by atoms with Gasteiger partial charge in [0.2, 0.25) is 11.8 Å². The first-order valence-electron chi connectivity index (χ1n) is 9.39. The fraction of sp³-hybridized carbons (Fsp3) is 0.286. The first-order chi connectivity index (χ1) is 14.2. The molecular formula is C21H23N3O5S. The van der Waals surface area contributed by atoms with Gasteiger partial charge in [-0.05, 0) is 31.5 Å². The minimum Gasteiger partial charge on any atom is -0.357 e. The van der Waals surface area contributed by atoms with Crippen LogP contribution in [-0.4, -0.2) is 55.0 Å². The smallest absolute Gasteiger partial charge is 0.269 e. The molecule has 2 aromatic carbocycles. The summed E-state index contributed by atoms with van der Waals surface area (Å²) >= 11 is 0. The van der Waals surface area contributed by atoms with E-state index in [1.807, 2.05) is 31.2 Å². The van der Waals surface area contributed by atoms with Crippen LogP contribution in [0.15, 0.2) is 53.4 Å². The Kier molecular flexibility index (Phi) is 5.93. The Labute approximate surface area is 175 Å². The van der Waals surface area contributed by atoms with Gasteiger partial charge in [-0.1, -0.05) is 42.0 Å². The van der Waals surface area contributed by atoms with Crippen LogP contribution >= 0.6 is 0 Å². The van der Waals surface area contributed by atoms with Crippen molar-refractivity contribution in [1.82, 2.24) is 14.5 Å². The number of sulfonamides is 1. The molecule has 9 heteroatoms. The highest BCUT2D eigenvalue weighted by Crippen LogP contribution is 2.30. The van der Waals surface area contributed by atoms with Crippen LogP contribution in [0.3, 0.4) is 0 Å². The molecule has 0 radical (unpaired) electrons. The second kappa shape index (κ2) is 8.27. The molecule has 3 amide bonds. The molecule has 3 rings (SSSR count). The monoisotopic (exact) mass is 429 g/mol. The highest BCUT2D eigenvalue weighted by Gasteiger charge is 2.43. The van der Waals surface area contributed by atoms with Gasteiger partial charge in [0.25, 0.3) is 15.9 Å². The molecule has 0 saturated carbocycles. The Morgan fingerprint density at radius 1 is 1.13 bits per heavy atom. The van der Waals surface area contributed by atoms with E-state index in [1.165, 1.54) is 30.1 Å². The lowest BCUT2D eigenvalue weighted by Crippen LogP contribution is -2.50. The lowest BCUT2D eigenvalue weighted by atomic mass is 10.1. The number of benzene rings is 2. The summed E-state index contributed by atoms with van der Waals surface area (Å²) < 4.78 is 26.1. The third-order valence-corrected chi connectivity index (χ3v) is 6.83. The number of likely N-dealkylation sites (N-methyl/N-ethyl adjacent to an activating group) is 1. The molecule has 1 atom stereocenters. The molecule has 0 unspecified atom stereocenters. The van der Waals surface area contributed by atoms with Gasteiger partial charge in [0.15, 0.2) is 0 Å². The fourth-order valence-electron chi connectivity index (χ4n) is 3.40. The molecule has 0 aliphatic carbocycles. The summed E-state index contributed by atoms with van der Waals surface area (Å²) in [6.07, 6.45) is 0. The van der Waals surface area contributed by atoms with E-state index in [9.17, 15) is 22.8 Å². The van der Waals surface area contributed by atoms with Crippen molar-refractivity contribution in [2.24, 2.45) is 0 Å². The predicted molar refractivity (Wildman–Crippen MR) is 110 cm³/mol. The van der Waals surface area contributed by atoms with E-state index in [2.05, 4.69) is 5.32 Å². The van der Waals surface area contributed by atoms with E-state index in [1.54, 1.807) is 13.0 Å². The summed E-state index contributed by atoms with van der Waals surface area (Å²) in [5.74, 6) is -1.78. The lowest BCUT2D eigenvalue weighted by Gasteiger charge is -2.29. The molecule has 8 nitrogen and oxygen atoms in total. The molecule has 1 heterocycles. The molecule has 0 saturated heterocycles. The summed E-state index contributed by atoms with van der Waals surface area (Å²) in [5, 5.41) is 2.50. The number of hydrogen-bond donors (Lipinski definition) is 1. The predicted octanol–water partition coefficient (Wildman–Crippen LogP) is 1.30. The first kappa shape index (κ1) is 21.5. The van der Waals surface area contributed by atoms with Crippen molar-refractivity contribution in [2.45, 2.75) is 31.3 Å². The minimum atomic E-state index is -4.12. The van der Waals surface area contributed by atoms with Gasteiger partial charge in [0.05, 0.1) is 5.56 Å². The van der Waals surface area contributed by atoms with Crippen molar-refractivity contribution >= 4 is 27.7 Å². The number of amides is 3. The van der Waals surface area contributed by atoms with Crippen molar-refractivity contribution in [3.63, 3.8) is 0 Å². The Morgan fingerprint density at radius 3 is 2.47 bits per heavy atom. The zero-order valence-corrected chi connectivity index (χ0v) is 17.8. The first-order valence-corrected chi connectivity index (χ1v) is 10.8. The SMILES string of the molecule is CNC(=O)[C@@H](C)N(Cc1cccc(C)c1)C(=O)CN1C(=O)c2ccccc2S1(=O)=O. The van der Waals surface area contributed by atoms with Crippen LogP contribution in [0.1, 0.15) is 28.4 Å². The molecule has 30 heavy (non-hydrogen) atoms. The molecule has 158 valence electrons. The van der Waals surface area contributed by atoms with E-state index in [0.29, 0.717) is 4.31 Å². The van der Waals surface area contributed by atoms with Crippen LogP contribution in [0.4, 0.5) is 0 Å². The van der Waals surface area contributed by atoms with Crippen LogP contribution in [-0.2, 0) is 26.2 Å². The Morgan fingerprint density at radius 2 is 1.83 bits per heavy atom. The number of nitrogens with zero attached hydrogens (tertiary/aromatic N) is 2. The van der Waals surface area contributed by atoms with Gasteiger partial charge in [0.1, 0.15) is 17.5 Å². The van der Waals surface area contributed by atoms with E-state index in [0.717, 1.165) is 11.1 Å². The zero-order chi connectivity index (χ0) is 22.1. The maximum absolute atomic E-state index is 13.1. The molecule has 1 aliphatic heterocycles. The minimum absolute atomic E-state index is 0.0369. The topological polar surface area (TPSA) is 104 Å². The van der Waals surface area contributed by atoms with Crippen LogP contribution in [0.25, 0.3) is 0 Å². The van der Waals surface area contributed by atoms with Gasteiger partial charge in [-0.3, -0.25) is 14.4 Å². The highest BCUT2D eigenvalue weighted by molar-refractivity contribution is 7.90. The van der Waals surface area contributed by atoms with Crippen molar-refractivity contribution in [3.8, 4) is 0 Å². The van der Waals surface area contributed by atoms with Gasteiger partial charge < -0.3 is 10.2 Å². The second-order valence-electron chi connectivity index (χ2n) is 7.11. The largest absolute Gasteiger partial charge is 0.357 e. The molecule has 2 aromatic rings. The number of carbonyl (C=O) groups is 3. The van der Waals surface area contributed by atoms with Gasteiger partial charge in [-0.15, -0.1) is 0 Å².